The van der Waals surface area contributed by atoms with Crippen LogP contribution in [0, 0.1) is 61.3 Å². The standard InChI is InChI=1S/C12H5NO5.C11H6ClNO3.C11H7NO4.C7H3ClINO3.C7H4INO4.C7H5IO2.3CH4.2Cl2OS.H3NO7S/c14-11-7-3-1-2-6-9(13(16)17)5-4-8(10(6)7)12(15)18-11;12-11(14)9-5-6-10(13(15)16)8-4-2-1-3-7(8)9;13-11(14)9-5-6-10(12(15)16)8-4-2-1-3-7(8)9;8-7(11)5-3-4(10(12)13)1-2-6(5)9;8-6-2-1-4(9(12)13)3-5(6)7(10)11;8-6-4-2-1-3-5(6)7(9)10;;;;2*1-4(2)3;2-7-8-5-1-6-9(3)4/h1-5H;1-6H;1-6H,(H,13,14);1-3H;1-3H,(H,10,11);1-4H,(H,9,10);3*1H4;;;1-2H,(H,3,4). The summed E-state index contributed by atoms with van der Waals surface area (Å²) in [6, 6.07) is 39.7. The summed E-state index contributed by atoms with van der Waals surface area (Å²) in [5, 5.41) is 93.6. The molecule has 0 aromatic heterocycles. The molecular weight excluding hydrogens is 1950 g/mol. The number of carboxylic acids is 3. The molecule has 106 heavy (non-hydrogen) atoms. The highest BCUT2D eigenvalue weighted by Gasteiger charge is 2.30. The van der Waals surface area contributed by atoms with Gasteiger partial charge in [0.2, 0.25) is 18.5 Å². The zero-order valence-electron chi connectivity index (χ0n) is 49.4. The number of nitro groups is 5. The van der Waals surface area contributed by atoms with Crippen molar-refractivity contribution in [1.82, 2.24) is 5.64 Å². The largest absolute Gasteiger partial charge is 0.478 e. The van der Waals surface area contributed by atoms with E-state index in [0.717, 1.165) is 15.7 Å². The van der Waals surface area contributed by atoms with Gasteiger partial charge in [0.25, 0.3) is 38.9 Å². The van der Waals surface area contributed by atoms with Gasteiger partial charge in [-0.05, 0) is 173 Å². The maximum absolute atomic E-state index is 11.6. The van der Waals surface area contributed by atoms with Crippen molar-refractivity contribution in [2.45, 2.75) is 22.3 Å². The lowest BCUT2D eigenvalue weighted by Crippen LogP contribution is -2.19. The van der Waals surface area contributed by atoms with Gasteiger partial charge in [-0.15, -0.1) is 4.28 Å². The van der Waals surface area contributed by atoms with E-state index in [4.69, 9.17) is 56.7 Å². The predicted molar refractivity (Wildman–Crippen MR) is 414 cm³/mol. The molecule has 9 aromatic carbocycles. The second-order valence-electron chi connectivity index (χ2n) is 17.4. The smallest absolute Gasteiger partial charge is 0.346 e. The van der Waals surface area contributed by atoms with Gasteiger partial charge < -0.3 is 20.1 Å². The molecule has 0 fully saturated rings. The molecule has 10 rings (SSSR count). The number of hydrogen-bond acceptors (Lipinski definition) is 27. The molecule has 9 aromatic rings. The van der Waals surface area contributed by atoms with Crippen LogP contribution in [-0.2, 0) is 53.9 Å². The lowest BCUT2D eigenvalue weighted by atomic mass is 9.96. The number of fused-ring (bicyclic) bond motifs is 2. The fourth-order valence-corrected chi connectivity index (χ4v) is 9.93. The fraction of sp³-hybridized carbons (Fsp3) is 0.0517. The van der Waals surface area contributed by atoms with Crippen molar-refractivity contribution in [2.75, 3.05) is 0 Å². The highest BCUT2D eigenvalue weighted by Crippen LogP contribution is 2.35. The number of carbonyl (C=O) groups is 7. The maximum atomic E-state index is 11.6. The number of halogens is 9. The van der Waals surface area contributed by atoms with Crippen LogP contribution in [0.15, 0.2) is 164 Å². The van der Waals surface area contributed by atoms with E-state index in [1.165, 1.54) is 84.5 Å². The van der Waals surface area contributed by atoms with Crippen LogP contribution in [0.4, 0.5) is 28.4 Å². The van der Waals surface area contributed by atoms with Gasteiger partial charge in [-0.25, -0.2) is 37.6 Å². The molecule has 568 valence electrons. The summed E-state index contributed by atoms with van der Waals surface area (Å²) in [6.07, 6.45) is 0. The zero-order chi connectivity index (χ0) is 78.1. The topological polar surface area (TPSA) is 546 Å². The van der Waals surface area contributed by atoms with Gasteiger partial charge in [-0.3, -0.25) is 64.7 Å². The average Bonchev–Trinajstić information content (AvgIpc) is 0.753. The van der Waals surface area contributed by atoms with Crippen molar-refractivity contribution < 1.29 is 120 Å². The number of cyclic esters (lactones) is 2. The predicted octanol–water partition coefficient (Wildman–Crippen LogP) is 17.0. The summed E-state index contributed by atoms with van der Waals surface area (Å²) in [4.78, 5) is 131. The maximum Gasteiger partial charge on any atom is 0.346 e. The number of aromatic carboxylic acids is 3. The first-order valence-electron chi connectivity index (χ1n) is 25.5. The lowest BCUT2D eigenvalue weighted by Gasteiger charge is -2.14. The molecule has 48 heteroatoms. The van der Waals surface area contributed by atoms with Crippen LogP contribution in [0.25, 0.3) is 32.3 Å². The van der Waals surface area contributed by atoms with Crippen LogP contribution >= 0.6 is 134 Å². The summed E-state index contributed by atoms with van der Waals surface area (Å²) in [7, 11) is 14.7. The third-order valence-electron chi connectivity index (χ3n) is 11.5. The van der Waals surface area contributed by atoms with Gasteiger partial charge in [0.15, 0.2) is 0 Å². The molecule has 1 aliphatic rings. The fourth-order valence-electron chi connectivity index (χ4n) is 7.60. The van der Waals surface area contributed by atoms with Crippen molar-refractivity contribution in [2.24, 2.45) is 0 Å². The van der Waals surface area contributed by atoms with Crippen molar-refractivity contribution in [1.29, 1.82) is 0 Å². The minimum absolute atomic E-state index is 0. The third kappa shape index (κ3) is 32.9. The highest BCUT2D eigenvalue weighted by atomic mass is 127. The Morgan fingerprint density at radius 2 is 0.792 bits per heavy atom. The van der Waals surface area contributed by atoms with E-state index in [-0.39, 0.29) is 94.9 Å². The molecule has 0 aliphatic carbocycles. The average molecular weight is 2000 g/mol. The molecule has 0 saturated heterocycles. The Morgan fingerprint density at radius 3 is 1.18 bits per heavy atom. The normalized spacial score (nSPS) is 10.5. The number of hydrogen-bond donors (Lipinski definition) is 6. The van der Waals surface area contributed by atoms with Crippen molar-refractivity contribution in [3.63, 3.8) is 0 Å². The van der Waals surface area contributed by atoms with Crippen LogP contribution in [0.3, 0.4) is 0 Å². The Hall–Kier alpha value is -8.25. The quantitative estimate of drug-likeness (QED) is 0.00639. The van der Waals surface area contributed by atoms with Crippen LogP contribution < -0.4 is 5.64 Å². The summed E-state index contributed by atoms with van der Waals surface area (Å²) in [5.74, 6) is -4.68. The van der Waals surface area contributed by atoms with Crippen molar-refractivity contribution >= 4 is 265 Å². The molecule has 1 atom stereocenters. The lowest BCUT2D eigenvalue weighted by molar-refractivity contribution is -0.647. The Labute approximate surface area is 670 Å². The molecule has 6 N–H and O–H groups in total. The summed E-state index contributed by atoms with van der Waals surface area (Å²) in [6.45, 7) is 0. The monoisotopic (exact) mass is 1990 g/mol. The summed E-state index contributed by atoms with van der Waals surface area (Å²) in [5.41, 5.74) is 1.91. The minimum atomic E-state index is -2.52. The zero-order valence-corrected chi connectivity index (χ0v) is 62.9. The molecule has 1 heterocycles. The van der Waals surface area contributed by atoms with Crippen molar-refractivity contribution in [3.8, 4) is 0 Å². The summed E-state index contributed by atoms with van der Waals surface area (Å²) < 4.78 is 45.5. The van der Waals surface area contributed by atoms with Gasteiger partial charge in [-0.1, -0.05) is 81.9 Å². The number of benzene rings is 9. The second-order valence-corrected chi connectivity index (χ2v) is 27.3. The van der Waals surface area contributed by atoms with E-state index in [2.05, 4.69) is 66.8 Å². The Kier molecular flexibility index (Phi) is 47.4. The molecule has 1 unspecified atom stereocenters. The first-order valence-corrected chi connectivity index (χ1v) is 36.1. The number of ether oxygens (including phenoxy) is 1. The van der Waals surface area contributed by atoms with E-state index in [0.29, 0.717) is 34.2 Å². The van der Waals surface area contributed by atoms with Crippen LogP contribution in [0.2, 0.25) is 0 Å². The number of non-ortho nitro benzene ring substituents is 5. The molecular formula is C58H45Cl6I3N6O30S3. The van der Waals surface area contributed by atoms with E-state index in [1.807, 2.05) is 73.8 Å². The van der Waals surface area contributed by atoms with E-state index < -0.39 is 94.8 Å². The van der Waals surface area contributed by atoms with Crippen molar-refractivity contribution in [3.05, 3.63) is 264 Å². The first-order chi connectivity index (χ1) is 48.3. The minimum Gasteiger partial charge on any atom is -0.478 e. The van der Waals surface area contributed by atoms with Gasteiger partial charge in [-0.2, -0.15) is 4.21 Å². The summed E-state index contributed by atoms with van der Waals surface area (Å²) >= 11 is 13.8. The van der Waals surface area contributed by atoms with Crippen LogP contribution in [0.1, 0.15) is 94.8 Å². The molecule has 0 spiro atoms. The third-order valence-corrected chi connectivity index (χ3v) is 15.0. The number of esters is 2. The van der Waals surface area contributed by atoms with Crippen LogP contribution in [-0.4, -0.2) is 103 Å². The Bertz CT molecular complexity index is 4490. The number of carbonyl (C=O) groups excluding carboxylic acids is 4. The van der Waals surface area contributed by atoms with Gasteiger partial charge >= 0.3 is 41.2 Å². The molecule has 0 radical (unpaired) electrons. The number of nitrogens with zero attached hydrogens (tertiary/aromatic N) is 5. The van der Waals surface area contributed by atoms with Gasteiger partial charge in [0.1, 0.15) is 0 Å². The number of carboxylic acid groups (broad SMARTS) is 3. The second kappa shape index (κ2) is 50.3. The Balaban J connectivity index is 0. The number of nitrogens with one attached hydrogen (secondary N) is 1. The molecule has 36 nitrogen and oxygen atoms in total. The van der Waals surface area contributed by atoms with Crippen LogP contribution in [0.5, 0.6) is 0 Å². The first kappa shape index (κ1) is 99.8. The number of rotatable bonds is 15. The van der Waals surface area contributed by atoms with Gasteiger partial charge in [0, 0.05) is 118 Å². The molecule has 1 aliphatic heterocycles. The molecule has 0 bridgehead atoms. The Morgan fingerprint density at radius 1 is 0.443 bits per heavy atom. The highest BCUT2D eigenvalue weighted by molar-refractivity contribution is 14.1. The van der Waals surface area contributed by atoms with E-state index in [1.54, 1.807) is 66.7 Å². The molecule has 0 saturated carbocycles. The van der Waals surface area contributed by atoms with E-state index >= 15 is 0 Å². The SMILES string of the molecule is C.C.C.O=C(Cl)c1cc([N+](=O)[O-])ccc1I.O=C(Cl)c1ccc([N+](=O)[O-])c2ccccc12.O=C(O)c1cc([N+](=O)[O-])ccc1I.O=C(O)c1ccc([N+](=O)[O-])c2ccccc12.O=C(O)c1ccccc1I.O=C1OC(=O)c2ccc([N+](=O)[O-])c3cccc1c23.O=S(Cl)Cl.O=S(Cl)Cl.O=S(O)ONOOOO. The molecule has 0 amide bonds. The van der Waals surface area contributed by atoms with Gasteiger partial charge in [0.05, 0.1) is 74.2 Å². The van der Waals surface area contributed by atoms with E-state index in [9.17, 15) is 88.3 Å². The number of nitro benzene ring substituents is 5.